The number of nitrogens with zero attached hydrogens (tertiary/aromatic N) is 5. The Morgan fingerprint density at radius 2 is 2.11 bits per heavy atom. The number of hydrogen-bond donors (Lipinski definition) is 1. The third kappa shape index (κ3) is 4.82. The zero-order valence-corrected chi connectivity index (χ0v) is 17.0. The molecule has 150 valence electrons. The van der Waals surface area contributed by atoms with E-state index in [9.17, 15) is 4.79 Å². The smallest absolute Gasteiger partial charge is 0.224 e. The summed E-state index contributed by atoms with van der Waals surface area (Å²) in [6, 6.07) is 0.778. The molecule has 0 aromatic carbocycles. The van der Waals surface area contributed by atoms with Gasteiger partial charge in [-0.25, -0.2) is 4.98 Å². The van der Waals surface area contributed by atoms with E-state index < -0.39 is 0 Å². The van der Waals surface area contributed by atoms with E-state index >= 15 is 0 Å². The van der Waals surface area contributed by atoms with Crippen LogP contribution in [0.2, 0.25) is 0 Å². The van der Waals surface area contributed by atoms with Gasteiger partial charge < -0.3 is 19.7 Å². The highest BCUT2D eigenvalue weighted by Crippen LogP contribution is 2.27. The molecule has 1 aromatic heterocycles. The molecule has 1 aromatic rings. The van der Waals surface area contributed by atoms with Crippen LogP contribution < -0.4 is 5.32 Å². The third-order valence-corrected chi connectivity index (χ3v) is 6.08. The molecule has 0 aliphatic carbocycles. The van der Waals surface area contributed by atoms with E-state index in [-0.39, 0.29) is 5.91 Å². The first-order chi connectivity index (χ1) is 13.1. The predicted octanol–water partition coefficient (Wildman–Crippen LogP) is 2.13. The molecule has 2 aliphatic rings. The van der Waals surface area contributed by atoms with Crippen molar-refractivity contribution in [3.63, 3.8) is 0 Å². The molecule has 1 amide bonds. The number of aliphatic imine (C=N–C) groups is 1. The largest absolute Gasteiger partial charge is 0.356 e. The Morgan fingerprint density at radius 1 is 1.26 bits per heavy atom. The molecule has 0 saturated carbocycles. The summed E-state index contributed by atoms with van der Waals surface area (Å²) in [5, 5.41) is 3.41. The molecule has 0 radical (unpaired) electrons. The number of guanidine groups is 1. The van der Waals surface area contributed by atoms with Crippen molar-refractivity contribution in [2.24, 2.45) is 10.9 Å². The number of amides is 1. The van der Waals surface area contributed by atoms with Crippen LogP contribution in [0.15, 0.2) is 23.7 Å². The minimum absolute atomic E-state index is 0.258. The number of likely N-dealkylation sites (tertiary alicyclic amines) is 2. The fourth-order valence-electron chi connectivity index (χ4n) is 4.32. The van der Waals surface area contributed by atoms with Crippen LogP contribution in [0.5, 0.6) is 0 Å². The Labute approximate surface area is 162 Å². The number of hydrogen-bond acceptors (Lipinski definition) is 3. The maximum Gasteiger partial charge on any atom is 0.224 e. The van der Waals surface area contributed by atoms with Crippen LogP contribution in [-0.2, 0) is 4.79 Å². The lowest BCUT2D eigenvalue weighted by atomic mass is 9.93. The highest BCUT2D eigenvalue weighted by molar-refractivity contribution is 5.81. The van der Waals surface area contributed by atoms with Crippen molar-refractivity contribution in [2.75, 3.05) is 33.2 Å². The Morgan fingerprint density at radius 3 is 2.81 bits per heavy atom. The van der Waals surface area contributed by atoms with Gasteiger partial charge in [-0.2, -0.15) is 0 Å². The van der Waals surface area contributed by atoms with Gasteiger partial charge in [-0.3, -0.25) is 9.79 Å². The Hall–Kier alpha value is -2.05. The van der Waals surface area contributed by atoms with Gasteiger partial charge in [-0.1, -0.05) is 6.92 Å². The summed E-state index contributed by atoms with van der Waals surface area (Å²) in [6.07, 6.45) is 10.9. The van der Waals surface area contributed by atoms with Crippen LogP contribution in [0.3, 0.4) is 0 Å². The van der Waals surface area contributed by atoms with Crippen LogP contribution in [-0.4, -0.2) is 70.5 Å². The maximum atomic E-state index is 12.5. The van der Waals surface area contributed by atoms with Crippen LogP contribution >= 0.6 is 0 Å². The summed E-state index contributed by atoms with van der Waals surface area (Å²) in [7, 11) is 1.82. The predicted molar refractivity (Wildman–Crippen MR) is 108 cm³/mol. The number of aromatic nitrogens is 2. The van der Waals surface area contributed by atoms with E-state index in [1.807, 2.05) is 30.7 Å². The van der Waals surface area contributed by atoms with Crippen LogP contribution in [0, 0.1) is 5.92 Å². The SMILES string of the molecule is CN=C(NCCC(=O)N1CCCCC1C)N1CCC(C)C(n2ccnc2)C1. The van der Waals surface area contributed by atoms with Crippen molar-refractivity contribution in [1.29, 1.82) is 0 Å². The molecule has 3 rings (SSSR count). The Bertz CT molecular complexity index is 628. The first-order valence-corrected chi connectivity index (χ1v) is 10.3. The molecule has 3 atom stereocenters. The number of imidazole rings is 1. The quantitative estimate of drug-likeness (QED) is 0.648. The van der Waals surface area contributed by atoms with E-state index in [4.69, 9.17) is 0 Å². The van der Waals surface area contributed by atoms with Gasteiger partial charge in [0.2, 0.25) is 5.91 Å². The van der Waals surface area contributed by atoms with Gasteiger partial charge >= 0.3 is 0 Å². The van der Waals surface area contributed by atoms with Crippen LogP contribution in [0.25, 0.3) is 0 Å². The summed E-state index contributed by atoms with van der Waals surface area (Å²) in [4.78, 5) is 25.5. The number of carbonyl (C=O) groups is 1. The first-order valence-electron chi connectivity index (χ1n) is 10.3. The zero-order valence-electron chi connectivity index (χ0n) is 17.0. The molecular formula is C20H34N6O. The van der Waals surface area contributed by atoms with Gasteiger partial charge in [0.05, 0.1) is 12.4 Å². The topological polar surface area (TPSA) is 65.8 Å². The number of piperidine rings is 2. The molecule has 0 spiro atoms. The lowest BCUT2D eigenvalue weighted by Gasteiger charge is -2.39. The van der Waals surface area contributed by atoms with E-state index in [0.717, 1.165) is 44.9 Å². The first kappa shape index (κ1) is 19.7. The average molecular weight is 375 g/mol. The number of rotatable bonds is 4. The van der Waals surface area contributed by atoms with Crippen LogP contribution in [0.1, 0.15) is 52.0 Å². The molecular weight excluding hydrogens is 340 g/mol. The van der Waals surface area contributed by atoms with E-state index in [2.05, 4.69) is 38.6 Å². The van der Waals surface area contributed by atoms with Crippen molar-refractivity contribution in [1.82, 2.24) is 24.7 Å². The van der Waals surface area contributed by atoms with Gasteiger partial charge in [0.25, 0.3) is 0 Å². The van der Waals surface area contributed by atoms with E-state index in [1.54, 1.807) is 0 Å². The molecule has 0 bridgehead atoms. The normalized spacial score (nSPS) is 26.9. The molecule has 2 aliphatic heterocycles. The Balaban J connectivity index is 1.51. The molecule has 7 heteroatoms. The van der Waals surface area contributed by atoms with Crippen molar-refractivity contribution in [3.8, 4) is 0 Å². The number of carbonyl (C=O) groups excluding carboxylic acids is 1. The van der Waals surface area contributed by atoms with Gasteiger partial charge in [0.15, 0.2) is 5.96 Å². The van der Waals surface area contributed by atoms with Gasteiger partial charge in [-0.05, 0) is 38.5 Å². The van der Waals surface area contributed by atoms with Crippen molar-refractivity contribution >= 4 is 11.9 Å². The average Bonchev–Trinajstić information content (AvgIpc) is 3.20. The summed E-state index contributed by atoms with van der Waals surface area (Å²) in [5.74, 6) is 1.76. The standard InChI is InChI=1S/C20H34N6O/c1-16-8-12-24(14-18(16)25-13-10-22-15-25)20(21-3)23-9-7-19(27)26-11-5-4-6-17(26)2/h10,13,15-18H,4-9,11-12,14H2,1-3H3,(H,21,23). The molecule has 2 fully saturated rings. The van der Waals surface area contributed by atoms with Crippen LogP contribution in [0.4, 0.5) is 0 Å². The highest BCUT2D eigenvalue weighted by atomic mass is 16.2. The zero-order chi connectivity index (χ0) is 19.2. The second kappa shape index (κ2) is 9.24. The molecule has 2 saturated heterocycles. The fourth-order valence-corrected chi connectivity index (χ4v) is 4.32. The second-order valence-electron chi connectivity index (χ2n) is 7.95. The third-order valence-electron chi connectivity index (χ3n) is 6.08. The maximum absolute atomic E-state index is 12.5. The monoisotopic (exact) mass is 374 g/mol. The minimum atomic E-state index is 0.258. The van der Waals surface area contributed by atoms with Gasteiger partial charge in [-0.15, -0.1) is 0 Å². The van der Waals surface area contributed by atoms with Gasteiger partial charge in [0, 0.05) is 58.1 Å². The molecule has 3 unspecified atom stereocenters. The summed E-state index contributed by atoms with van der Waals surface area (Å²) in [5.41, 5.74) is 0. The molecule has 1 N–H and O–H groups in total. The second-order valence-corrected chi connectivity index (χ2v) is 7.95. The number of nitrogens with one attached hydrogen (secondary N) is 1. The molecule has 7 nitrogen and oxygen atoms in total. The summed E-state index contributed by atoms with van der Waals surface area (Å²) in [6.45, 7) is 7.91. The highest BCUT2D eigenvalue weighted by Gasteiger charge is 2.29. The van der Waals surface area contributed by atoms with Crippen molar-refractivity contribution in [3.05, 3.63) is 18.7 Å². The lowest BCUT2D eigenvalue weighted by molar-refractivity contribution is -0.134. The summed E-state index contributed by atoms with van der Waals surface area (Å²) >= 11 is 0. The van der Waals surface area contributed by atoms with Crippen molar-refractivity contribution < 1.29 is 4.79 Å². The lowest BCUT2D eigenvalue weighted by Crippen LogP contribution is -2.49. The fraction of sp³-hybridized carbons (Fsp3) is 0.750. The van der Waals surface area contributed by atoms with Crippen molar-refractivity contribution in [2.45, 2.75) is 58.0 Å². The van der Waals surface area contributed by atoms with E-state index in [0.29, 0.717) is 31.0 Å². The molecule has 3 heterocycles. The Kier molecular flexibility index (Phi) is 6.74. The van der Waals surface area contributed by atoms with Gasteiger partial charge in [0.1, 0.15) is 0 Å². The summed E-state index contributed by atoms with van der Waals surface area (Å²) < 4.78 is 2.20. The van der Waals surface area contributed by atoms with E-state index in [1.165, 1.54) is 6.42 Å². The molecule has 27 heavy (non-hydrogen) atoms. The minimum Gasteiger partial charge on any atom is -0.356 e.